The van der Waals surface area contributed by atoms with Crippen molar-refractivity contribution in [2.45, 2.75) is 6.54 Å². The summed E-state index contributed by atoms with van der Waals surface area (Å²) in [4.78, 5) is 4.22. The zero-order chi connectivity index (χ0) is 13.9. The molecule has 3 nitrogen and oxygen atoms in total. The second kappa shape index (κ2) is 5.27. The van der Waals surface area contributed by atoms with E-state index in [1.165, 1.54) is 6.07 Å². The summed E-state index contributed by atoms with van der Waals surface area (Å²) < 4.78 is 14.3. The Morgan fingerprint density at radius 2 is 2.15 bits per heavy atom. The van der Waals surface area contributed by atoms with Crippen LogP contribution in [0, 0.1) is 17.1 Å². The van der Waals surface area contributed by atoms with Crippen molar-refractivity contribution in [2.24, 2.45) is 0 Å². The lowest BCUT2D eigenvalue weighted by molar-refractivity contribution is 0.623. The van der Waals surface area contributed by atoms with E-state index in [9.17, 15) is 4.39 Å². The molecule has 0 saturated carbocycles. The van der Waals surface area contributed by atoms with Gasteiger partial charge in [-0.05, 0) is 35.9 Å². The van der Waals surface area contributed by atoms with Crippen molar-refractivity contribution in [2.75, 3.05) is 5.32 Å². The first-order chi connectivity index (χ1) is 9.76. The summed E-state index contributed by atoms with van der Waals surface area (Å²) in [5.74, 6) is -0.484. The molecular weight excluding hydrogens is 273 g/mol. The highest BCUT2D eigenvalue weighted by molar-refractivity contribution is 7.16. The van der Waals surface area contributed by atoms with Gasteiger partial charge in [-0.25, -0.2) is 9.37 Å². The van der Waals surface area contributed by atoms with Crippen LogP contribution in [0.25, 0.3) is 10.2 Å². The number of anilines is 1. The van der Waals surface area contributed by atoms with Gasteiger partial charge in [0, 0.05) is 12.2 Å². The molecule has 3 aromatic rings. The molecule has 0 atom stereocenters. The first-order valence-electron chi connectivity index (χ1n) is 6.02. The van der Waals surface area contributed by atoms with E-state index in [2.05, 4.69) is 10.3 Å². The largest absolute Gasteiger partial charge is 0.381 e. The molecule has 0 unspecified atom stereocenters. The Morgan fingerprint density at radius 3 is 3.00 bits per heavy atom. The van der Waals surface area contributed by atoms with Crippen LogP contribution in [-0.4, -0.2) is 4.98 Å². The van der Waals surface area contributed by atoms with Crippen molar-refractivity contribution < 1.29 is 4.39 Å². The van der Waals surface area contributed by atoms with Gasteiger partial charge in [-0.15, -0.1) is 11.3 Å². The Bertz CT molecular complexity index is 804. The summed E-state index contributed by atoms with van der Waals surface area (Å²) in [6.45, 7) is 0.541. The van der Waals surface area contributed by atoms with E-state index < -0.39 is 5.82 Å². The molecule has 1 N–H and O–H groups in total. The van der Waals surface area contributed by atoms with Crippen LogP contribution in [0.15, 0.2) is 41.9 Å². The van der Waals surface area contributed by atoms with E-state index in [4.69, 9.17) is 5.26 Å². The third kappa shape index (κ3) is 2.46. The number of benzene rings is 2. The van der Waals surface area contributed by atoms with Crippen molar-refractivity contribution in [1.82, 2.24) is 4.98 Å². The molecule has 0 amide bonds. The monoisotopic (exact) mass is 283 g/mol. The number of hydrogen-bond acceptors (Lipinski definition) is 4. The molecule has 0 fully saturated rings. The molecule has 0 aliphatic rings. The van der Waals surface area contributed by atoms with Crippen LogP contribution in [0.4, 0.5) is 10.1 Å². The minimum Gasteiger partial charge on any atom is -0.381 e. The summed E-state index contributed by atoms with van der Waals surface area (Å²) in [5.41, 5.74) is 4.71. The lowest BCUT2D eigenvalue weighted by Gasteiger charge is -2.07. The van der Waals surface area contributed by atoms with E-state index in [-0.39, 0.29) is 5.56 Å². The second-order valence-corrected chi connectivity index (χ2v) is 5.20. The molecule has 98 valence electrons. The Balaban J connectivity index is 1.77. The molecule has 3 rings (SSSR count). The Kier molecular flexibility index (Phi) is 3.32. The SMILES string of the molecule is N#Cc1cc(CNc2ccc3ncsc3c2)ccc1F. The number of nitriles is 1. The van der Waals surface area contributed by atoms with Gasteiger partial charge in [-0.3, -0.25) is 0 Å². The molecule has 0 saturated heterocycles. The van der Waals surface area contributed by atoms with Gasteiger partial charge in [0.2, 0.25) is 0 Å². The zero-order valence-corrected chi connectivity index (χ0v) is 11.2. The van der Waals surface area contributed by atoms with Gasteiger partial charge in [-0.2, -0.15) is 5.26 Å². The predicted molar refractivity (Wildman–Crippen MR) is 78.1 cm³/mol. The fourth-order valence-electron chi connectivity index (χ4n) is 1.94. The van der Waals surface area contributed by atoms with E-state index in [0.717, 1.165) is 21.5 Å². The summed E-state index contributed by atoms with van der Waals surface area (Å²) in [6.07, 6.45) is 0. The van der Waals surface area contributed by atoms with Crippen molar-refractivity contribution in [3.63, 3.8) is 0 Å². The predicted octanol–water partition coefficient (Wildman–Crippen LogP) is 3.92. The first-order valence-corrected chi connectivity index (χ1v) is 6.90. The first kappa shape index (κ1) is 12.6. The van der Waals surface area contributed by atoms with E-state index >= 15 is 0 Å². The Morgan fingerprint density at radius 1 is 1.25 bits per heavy atom. The molecule has 1 heterocycles. The molecule has 1 aromatic heterocycles. The number of aromatic nitrogens is 1. The van der Waals surface area contributed by atoms with E-state index in [0.29, 0.717) is 6.54 Å². The van der Waals surface area contributed by atoms with Crippen molar-refractivity contribution in [3.05, 3.63) is 58.9 Å². The van der Waals surface area contributed by atoms with Crippen LogP contribution in [0.2, 0.25) is 0 Å². The molecule has 2 aromatic carbocycles. The van der Waals surface area contributed by atoms with Crippen LogP contribution in [0.3, 0.4) is 0 Å². The number of nitrogens with zero attached hydrogens (tertiary/aromatic N) is 2. The number of nitrogens with one attached hydrogen (secondary N) is 1. The number of hydrogen-bond donors (Lipinski definition) is 1. The Labute approximate surface area is 119 Å². The highest BCUT2D eigenvalue weighted by atomic mass is 32.1. The van der Waals surface area contributed by atoms with E-state index in [1.807, 2.05) is 29.8 Å². The lowest BCUT2D eigenvalue weighted by atomic mass is 10.1. The third-order valence-electron chi connectivity index (χ3n) is 2.98. The molecule has 0 radical (unpaired) electrons. The van der Waals surface area contributed by atoms with Gasteiger partial charge in [0.1, 0.15) is 11.9 Å². The summed E-state index contributed by atoms with van der Waals surface area (Å²) in [6, 6.07) is 12.3. The molecule has 0 aliphatic heterocycles. The zero-order valence-electron chi connectivity index (χ0n) is 10.4. The van der Waals surface area contributed by atoms with Crippen LogP contribution < -0.4 is 5.32 Å². The summed E-state index contributed by atoms with van der Waals surface area (Å²) in [7, 11) is 0. The Hall–Kier alpha value is -2.45. The minimum absolute atomic E-state index is 0.0715. The van der Waals surface area contributed by atoms with Gasteiger partial charge < -0.3 is 5.32 Å². The second-order valence-electron chi connectivity index (χ2n) is 4.31. The van der Waals surface area contributed by atoms with Crippen molar-refractivity contribution in [1.29, 1.82) is 5.26 Å². The lowest BCUT2D eigenvalue weighted by Crippen LogP contribution is -2.00. The average molecular weight is 283 g/mol. The van der Waals surface area contributed by atoms with Crippen molar-refractivity contribution >= 4 is 27.2 Å². The molecule has 0 spiro atoms. The van der Waals surface area contributed by atoms with Crippen LogP contribution >= 0.6 is 11.3 Å². The number of fused-ring (bicyclic) bond motifs is 1. The molecule has 0 aliphatic carbocycles. The maximum atomic E-state index is 13.2. The third-order valence-corrected chi connectivity index (χ3v) is 3.77. The van der Waals surface area contributed by atoms with Gasteiger partial charge >= 0.3 is 0 Å². The molecule has 20 heavy (non-hydrogen) atoms. The molecular formula is C15H10FN3S. The summed E-state index contributed by atoms with van der Waals surface area (Å²) in [5, 5.41) is 12.1. The van der Waals surface area contributed by atoms with Gasteiger partial charge in [0.05, 0.1) is 21.3 Å². The smallest absolute Gasteiger partial charge is 0.140 e. The number of thiazole rings is 1. The number of rotatable bonds is 3. The average Bonchev–Trinajstić information content (AvgIpc) is 2.94. The fraction of sp³-hybridized carbons (Fsp3) is 0.0667. The van der Waals surface area contributed by atoms with Gasteiger partial charge in [0.15, 0.2) is 0 Å². The van der Waals surface area contributed by atoms with Gasteiger partial charge in [-0.1, -0.05) is 6.07 Å². The topological polar surface area (TPSA) is 48.7 Å². The van der Waals surface area contributed by atoms with E-state index in [1.54, 1.807) is 23.5 Å². The van der Waals surface area contributed by atoms with Crippen molar-refractivity contribution in [3.8, 4) is 6.07 Å². The quantitative estimate of drug-likeness (QED) is 0.792. The number of halogens is 1. The fourth-order valence-corrected chi connectivity index (χ4v) is 2.65. The maximum absolute atomic E-state index is 13.2. The van der Waals surface area contributed by atoms with Crippen LogP contribution in [0.1, 0.15) is 11.1 Å². The van der Waals surface area contributed by atoms with Gasteiger partial charge in [0.25, 0.3) is 0 Å². The standard InChI is InChI=1S/C15H10FN3S/c16-13-3-1-10(5-11(13)7-17)8-18-12-2-4-14-15(6-12)20-9-19-14/h1-6,9,18H,8H2. The maximum Gasteiger partial charge on any atom is 0.140 e. The molecule has 5 heteroatoms. The summed E-state index contributed by atoms with van der Waals surface area (Å²) >= 11 is 1.59. The highest BCUT2D eigenvalue weighted by Crippen LogP contribution is 2.22. The highest BCUT2D eigenvalue weighted by Gasteiger charge is 2.03. The minimum atomic E-state index is -0.484. The molecule has 0 bridgehead atoms. The van der Waals surface area contributed by atoms with Crippen LogP contribution in [0.5, 0.6) is 0 Å². The van der Waals surface area contributed by atoms with Crippen LogP contribution in [-0.2, 0) is 6.54 Å². The normalized spacial score (nSPS) is 10.4.